The van der Waals surface area contributed by atoms with Gasteiger partial charge in [-0.1, -0.05) is 43.0 Å². The highest BCUT2D eigenvalue weighted by Gasteiger charge is 2.09. The molecule has 0 spiro atoms. The Kier molecular flexibility index (Phi) is 5.52. The standard InChI is InChI=1S/C23H22N6O/c1-16(17-7-5-4-6-8-17)9-10-21-27-28-22(29(21)2)15-25-19-11-12-24-20-13-18(30-3)14-26-23(19)20/h4-14H,1,15H2,2-3H3,(H,24,25)/b10-9-. The van der Waals surface area contributed by atoms with Crippen LogP contribution in [-0.2, 0) is 13.6 Å². The van der Waals surface area contributed by atoms with Crippen molar-refractivity contribution < 1.29 is 4.74 Å². The first-order valence-electron chi connectivity index (χ1n) is 9.49. The number of allylic oxidation sites excluding steroid dienone is 2. The van der Waals surface area contributed by atoms with Crippen LogP contribution in [0.2, 0.25) is 0 Å². The van der Waals surface area contributed by atoms with Crippen molar-refractivity contribution in [2.45, 2.75) is 6.54 Å². The molecule has 7 heteroatoms. The van der Waals surface area contributed by atoms with Gasteiger partial charge in [-0.25, -0.2) is 4.98 Å². The number of fused-ring (bicyclic) bond motifs is 1. The zero-order valence-corrected chi connectivity index (χ0v) is 16.9. The number of rotatable bonds is 7. The maximum atomic E-state index is 5.22. The summed E-state index contributed by atoms with van der Waals surface area (Å²) in [6.45, 7) is 4.62. The Morgan fingerprint density at radius 3 is 2.80 bits per heavy atom. The Balaban J connectivity index is 1.48. The molecule has 4 aromatic rings. The van der Waals surface area contributed by atoms with Crippen molar-refractivity contribution in [3.63, 3.8) is 0 Å². The van der Waals surface area contributed by atoms with Crippen molar-refractivity contribution >= 4 is 28.4 Å². The van der Waals surface area contributed by atoms with E-state index in [1.807, 2.05) is 66.2 Å². The normalized spacial score (nSPS) is 11.1. The Labute approximate surface area is 174 Å². The van der Waals surface area contributed by atoms with Crippen molar-refractivity contribution in [1.29, 1.82) is 0 Å². The lowest BCUT2D eigenvalue weighted by molar-refractivity contribution is 0.413. The fraction of sp³-hybridized carbons (Fsp3) is 0.130. The predicted octanol–water partition coefficient (Wildman–Crippen LogP) is 4.11. The van der Waals surface area contributed by atoms with E-state index in [4.69, 9.17) is 4.74 Å². The van der Waals surface area contributed by atoms with Gasteiger partial charge in [-0.3, -0.25) is 4.98 Å². The summed E-state index contributed by atoms with van der Waals surface area (Å²) in [5.41, 5.74) is 4.41. The van der Waals surface area contributed by atoms with Crippen molar-refractivity contribution in [2.24, 2.45) is 7.05 Å². The summed E-state index contributed by atoms with van der Waals surface area (Å²) < 4.78 is 7.17. The molecule has 0 aliphatic rings. The summed E-state index contributed by atoms with van der Waals surface area (Å²) in [6.07, 6.45) is 7.29. The third-order valence-electron chi connectivity index (χ3n) is 4.80. The Hall–Kier alpha value is -4.00. The second-order valence-electron chi connectivity index (χ2n) is 6.71. The minimum Gasteiger partial charge on any atom is -0.495 e. The van der Waals surface area contributed by atoms with E-state index < -0.39 is 0 Å². The van der Waals surface area contributed by atoms with E-state index in [1.165, 1.54) is 0 Å². The van der Waals surface area contributed by atoms with Crippen molar-refractivity contribution in [3.8, 4) is 5.75 Å². The van der Waals surface area contributed by atoms with E-state index in [0.29, 0.717) is 12.3 Å². The van der Waals surface area contributed by atoms with Gasteiger partial charge in [-0.05, 0) is 23.3 Å². The van der Waals surface area contributed by atoms with E-state index in [9.17, 15) is 0 Å². The van der Waals surface area contributed by atoms with Gasteiger partial charge in [0.1, 0.15) is 11.3 Å². The molecule has 0 bridgehead atoms. The lowest BCUT2D eigenvalue weighted by Crippen LogP contribution is -2.07. The third-order valence-corrected chi connectivity index (χ3v) is 4.80. The number of aromatic nitrogens is 5. The molecule has 4 rings (SSSR count). The van der Waals surface area contributed by atoms with Gasteiger partial charge >= 0.3 is 0 Å². The van der Waals surface area contributed by atoms with Gasteiger partial charge in [-0.15, -0.1) is 10.2 Å². The number of methoxy groups -OCH3 is 1. The van der Waals surface area contributed by atoms with Crippen LogP contribution >= 0.6 is 0 Å². The number of hydrogen-bond donors (Lipinski definition) is 1. The smallest absolute Gasteiger partial charge is 0.156 e. The molecule has 1 N–H and O–H groups in total. The highest BCUT2D eigenvalue weighted by molar-refractivity contribution is 5.87. The van der Waals surface area contributed by atoms with Crippen LogP contribution in [0.1, 0.15) is 17.2 Å². The quantitative estimate of drug-likeness (QED) is 0.472. The fourth-order valence-corrected chi connectivity index (χ4v) is 3.04. The molecule has 0 fully saturated rings. The van der Waals surface area contributed by atoms with E-state index >= 15 is 0 Å². The molecule has 7 nitrogen and oxygen atoms in total. The summed E-state index contributed by atoms with van der Waals surface area (Å²) in [6, 6.07) is 13.8. The molecule has 150 valence electrons. The summed E-state index contributed by atoms with van der Waals surface area (Å²) in [7, 11) is 3.55. The highest BCUT2D eigenvalue weighted by atomic mass is 16.5. The third kappa shape index (κ3) is 4.05. The van der Waals surface area contributed by atoms with E-state index in [1.54, 1.807) is 19.5 Å². The van der Waals surface area contributed by atoms with Gasteiger partial charge in [0.05, 0.1) is 31.1 Å². The van der Waals surface area contributed by atoms with Gasteiger partial charge in [0, 0.05) is 19.3 Å². The highest BCUT2D eigenvalue weighted by Crippen LogP contribution is 2.23. The molecule has 0 radical (unpaired) electrons. The maximum absolute atomic E-state index is 5.22. The molecule has 0 saturated heterocycles. The first-order chi connectivity index (χ1) is 14.7. The molecule has 0 aliphatic heterocycles. The maximum Gasteiger partial charge on any atom is 0.156 e. The van der Waals surface area contributed by atoms with E-state index in [0.717, 1.165) is 39.5 Å². The largest absolute Gasteiger partial charge is 0.495 e. The zero-order chi connectivity index (χ0) is 20.9. The Morgan fingerprint density at radius 2 is 2.00 bits per heavy atom. The van der Waals surface area contributed by atoms with Crippen LogP contribution in [-0.4, -0.2) is 31.8 Å². The summed E-state index contributed by atoms with van der Waals surface area (Å²) >= 11 is 0. The lowest BCUT2D eigenvalue weighted by Gasteiger charge is -2.09. The van der Waals surface area contributed by atoms with Crippen LogP contribution in [0.15, 0.2) is 67.5 Å². The number of ether oxygens (including phenoxy) is 1. The topological polar surface area (TPSA) is 77.8 Å². The van der Waals surface area contributed by atoms with E-state index in [2.05, 4.69) is 32.1 Å². The molecule has 0 unspecified atom stereocenters. The molecule has 0 atom stereocenters. The van der Waals surface area contributed by atoms with Crippen LogP contribution < -0.4 is 10.1 Å². The molecular formula is C23H22N6O. The minimum atomic E-state index is 0.504. The summed E-state index contributed by atoms with van der Waals surface area (Å²) in [4.78, 5) is 8.82. The Bertz CT molecular complexity index is 1210. The van der Waals surface area contributed by atoms with Crippen molar-refractivity contribution in [2.75, 3.05) is 12.4 Å². The molecular weight excluding hydrogens is 376 g/mol. The van der Waals surface area contributed by atoms with Crippen LogP contribution in [0.25, 0.3) is 22.7 Å². The number of benzene rings is 1. The number of nitrogens with zero attached hydrogens (tertiary/aromatic N) is 5. The molecule has 0 amide bonds. The average Bonchev–Trinajstić information content (AvgIpc) is 3.15. The van der Waals surface area contributed by atoms with E-state index in [-0.39, 0.29) is 0 Å². The molecule has 0 aliphatic carbocycles. The fourth-order valence-electron chi connectivity index (χ4n) is 3.04. The number of nitrogens with one attached hydrogen (secondary N) is 1. The summed E-state index contributed by atoms with van der Waals surface area (Å²) in [5, 5.41) is 12.0. The van der Waals surface area contributed by atoms with Gasteiger partial charge in [-0.2, -0.15) is 0 Å². The second kappa shape index (κ2) is 8.57. The monoisotopic (exact) mass is 398 g/mol. The van der Waals surface area contributed by atoms with Crippen LogP contribution in [0.3, 0.4) is 0 Å². The number of anilines is 1. The van der Waals surface area contributed by atoms with Gasteiger partial charge in [0.15, 0.2) is 11.6 Å². The van der Waals surface area contributed by atoms with Crippen molar-refractivity contribution in [3.05, 3.63) is 84.7 Å². The first kappa shape index (κ1) is 19.3. The minimum absolute atomic E-state index is 0.504. The Morgan fingerprint density at radius 1 is 1.17 bits per heavy atom. The molecule has 3 heterocycles. The number of pyridine rings is 2. The van der Waals surface area contributed by atoms with Gasteiger partial charge in [0.2, 0.25) is 0 Å². The molecule has 3 aromatic heterocycles. The van der Waals surface area contributed by atoms with Gasteiger partial charge < -0.3 is 14.6 Å². The first-order valence-corrected chi connectivity index (χ1v) is 9.49. The zero-order valence-electron chi connectivity index (χ0n) is 16.9. The van der Waals surface area contributed by atoms with Crippen LogP contribution in [0.5, 0.6) is 5.75 Å². The van der Waals surface area contributed by atoms with Crippen LogP contribution in [0.4, 0.5) is 5.69 Å². The van der Waals surface area contributed by atoms with Crippen LogP contribution in [0, 0.1) is 0 Å². The number of hydrogen-bond acceptors (Lipinski definition) is 6. The predicted molar refractivity (Wildman–Crippen MR) is 119 cm³/mol. The molecule has 1 aromatic carbocycles. The molecule has 30 heavy (non-hydrogen) atoms. The molecule has 0 saturated carbocycles. The lowest BCUT2D eigenvalue weighted by atomic mass is 10.1. The van der Waals surface area contributed by atoms with Crippen molar-refractivity contribution in [1.82, 2.24) is 24.7 Å². The SMILES string of the molecule is C=C(/C=C\c1nnc(CNc2ccnc3cc(OC)cnc23)n1C)c1ccccc1. The summed E-state index contributed by atoms with van der Waals surface area (Å²) in [5.74, 6) is 2.23. The second-order valence-corrected chi connectivity index (χ2v) is 6.71. The van der Waals surface area contributed by atoms with Gasteiger partial charge in [0.25, 0.3) is 0 Å². The average molecular weight is 398 g/mol.